The fourth-order valence-corrected chi connectivity index (χ4v) is 4.17. The average molecular weight is 487 g/mol. The first-order valence-electron chi connectivity index (χ1n) is 11.0. The number of hydrogen-bond acceptors (Lipinski definition) is 9. The number of carbonyl (C=O) groups is 2. The van der Waals surface area contributed by atoms with Crippen molar-refractivity contribution in [1.82, 2.24) is 10.3 Å². The lowest BCUT2D eigenvalue weighted by Crippen LogP contribution is -2.14. The number of nitrogens with zero attached hydrogens (tertiary/aromatic N) is 3. The smallest absolute Gasteiger partial charge is 0.306 e. The number of non-ortho nitro benzene ring substituents is 1. The number of aryl methyl sites for hydroxylation is 1. The van der Waals surface area contributed by atoms with Crippen molar-refractivity contribution >= 4 is 46.0 Å². The zero-order chi connectivity index (χ0) is 24.3. The molecule has 0 saturated carbocycles. The Morgan fingerprint density at radius 3 is 2.53 bits per heavy atom. The fourth-order valence-electron chi connectivity index (χ4n) is 3.17. The first-order valence-corrected chi connectivity index (χ1v) is 12.0. The van der Waals surface area contributed by atoms with Crippen LogP contribution in [0.2, 0.25) is 0 Å². The summed E-state index contributed by atoms with van der Waals surface area (Å²) in [7, 11) is 0. The van der Waals surface area contributed by atoms with Crippen molar-refractivity contribution in [3.05, 3.63) is 52.1 Å². The number of nitro groups is 1. The second kappa shape index (κ2) is 12.7. The van der Waals surface area contributed by atoms with E-state index in [1.54, 1.807) is 17.8 Å². The van der Waals surface area contributed by atoms with Crippen LogP contribution in [0.1, 0.15) is 44.1 Å². The van der Waals surface area contributed by atoms with Gasteiger partial charge in [-0.3, -0.25) is 19.7 Å². The molecular weight excluding hydrogens is 460 g/mol. The van der Waals surface area contributed by atoms with Gasteiger partial charge in [0.05, 0.1) is 18.0 Å². The van der Waals surface area contributed by atoms with Gasteiger partial charge in [0.15, 0.2) is 5.52 Å². The van der Waals surface area contributed by atoms with Crippen molar-refractivity contribution < 1.29 is 23.9 Å². The van der Waals surface area contributed by atoms with E-state index >= 15 is 0 Å². The maximum atomic E-state index is 11.9. The second-order valence-electron chi connectivity index (χ2n) is 7.70. The quantitative estimate of drug-likeness (QED) is 0.116. The number of rotatable bonds is 13. The molecule has 0 saturated heterocycles. The monoisotopic (exact) mass is 486 g/mol. The maximum Gasteiger partial charge on any atom is 0.306 e. The normalized spacial score (nSPS) is 10.9. The number of thioether (sulfide) groups is 1. The van der Waals surface area contributed by atoms with Crippen LogP contribution in [0.3, 0.4) is 0 Å². The number of esters is 1. The number of ether oxygens (including phenoxy) is 1. The topological polar surface area (TPSA) is 137 Å². The van der Waals surface area contributed by atoms with Gasteiger partial charge in [-0.1, -0.05) is 30.5 Å². The van der Waals surface area contributed by atoms with Crippen LogP contribution >= 0.6 is 11.8 Å². The predicted molar refractivity (Wildman–Crippen MR) is 128 cm³/mol. The number of amides is 1. The van der Waals surface area contributed by atoms with Gasteiger partial charge in [0.25, 0.3) is 0 Å². The first-order chi connectivity index (χ1) is 16.4. The van der Waals surface area contributed by atoms with Crippen LogP contribution in [0.25, 0.3) is 11.0 Å². The highest BCUT2D eigenvalue weighted by Crippen LogP contribution is 2.32. The van der Waals surface area contributed by atoms with Crippen molar-refractivity contribution in [2.75, 3.05) is 17.7 Å². The molecule has 0 aliphatic carbocycles. The summed E-state index contributed by atoms with van der Waals surface area (Å²) in [6.07, 6.45) is 3.68. The molecule has 180 valence electrons. The lowest BCUT2D eigenvalue weighted by Gasteiger charge is -2.07. The van der Waals surface area contributed by atoms with E-state index in [-0.39, 0.29) is 35.9 Å². The molecule has 1 heterocycles. The van der Waals surface area contributed by atoms with Crippen LogP contribution in [-0.4, -0.2) is 39.5 Å². The Bertz CT molecular complexity index is 1130. The molecule has 2 aromatic carbocycles. The summed E-state index contributed by atoms with van der Waals surface area (Å²) >= 11 is 1.55. The average Bonchev–Trinajstić information content (AvgIpc) is 3.31. The summed E-state index contributed by atoms with van der Waals surface area (Å²) in [5.41, 5.74) is 2.25. The van der Waals surface area contributed by atoms with E-state index in [9.17, 15) is 19.7 Å². The van der Waals surface area contributed by atoms with Crippen molar-refractivity contribution in [3.63, 3.8) is 0 Å². The molecule has 0 spiro atoms. The SMILES string of the molecule is Cc1ccc(NC(=O)CCC(=O)OCCCCCCSc2ccc([N+](=O)[O-])c3nonc23)cc1. The van der Waals surface area contributed by atoms with Gasteiger partial charge in [0.2, 0.25) is 11.4 Å². The molecule has 0 bridgehead atoms. The zero-order valence-corrected chi connectivity index (χ0v) is 19.6. The van der Waals surface area contributed by atoms with Crippen LogP contribution in [0.15, 0.2) is 45.9 Å². The Labute approximate surface area is 200 Å². The van der Waals surface area contributed by atoms with E-state index in [1.165, 1.54) is 6.07 Å². The second-order valence-corrected chi connectivity index (χ2v) is 8.84. The molecule has 0 unspecified atom stereocenters. The minimum atomic E-state index is -0.506. The largest absolute Gasteiger partial charge is 0.466 e. The molecule has 1 amide bonds. The van der Waals surface area contributed by atoms with E-state index in [4.69, 9.17) is 4.74 Å². The lowest BCUT2D eigenvalue weighted by atomic mass is 10.2. The zero-order valence-electron chi connectivity index (χ0n) is 18.8. The molecule has 0 fully saturated rings. The van der Waals surface area contributed by atoms with E-state index in [0.717, 1.165) is 41.9 Å². The highest BCUT2D eigenvalue weighted by Gasteiger charge is 2.19. The van der Waals surface area contributed by atoms with Gasteiger partial charge >= 0.3 is 11.7 Å². The van der Waals surface area contributed by atoms with Crippen LogP contribution in [0, 0.1) is 17.0 Å². The number of carbonyl (C=O) groups excluding carboxylic acids is 2. The van der Waals surface area contributed by atoms with E-state index in [2.05, 4.69) is 20.3 Å². The van der Waals surface area contributed by atoms with E-state index in [1.807, 2.05) is 31.2 Å². The van der Waals surface area contributed by atoms with E-state index < -0.39 is 4.92 Å². The predicted octanol–water partition coefficient (Wildman–Crippen LogP) is 5.05. The number of benzene rings is 2. The van der Waals surface area contributed by atoms with Crippen LogP contribution in [0.5, 0.6) is 0 Å². The van der Waals surface area contributed by atoms with Gasteiger partial charge in [0, 0.05) is 23.1 Å². The summed E-state index contributed by atoms with van der Waals surface area (Å²) < 4.78 is 9.87. The Morgan fingerprint density at radius 2 is 1.76 bits per heavy atom. The van der Waals surface area contributed by atoms with Gasteiger partial charge in [-0.05, 0) is 54.0 Å². The number of hydrogen-bond donors (Lipinski definition) is 1. The summed E-state index contributed by atoms with van der Waals surface area (Å²) in [5, 5.41) is 21.2. The number of nitrogens with one attached hydrogen (secondary N) is 1. The molecule has 1 aromatic heterocycles. The van der Waals surface area contributed by atoms with Crippen LogP contribution in [-0.2, 0) is 14.3 Å². The Balaban J connectivity index is 1.24. The summed E-state index contributed by atoms with van der Waals surface area (Å²) in [6.45, 7) is 2.30. The molecule has 0 atom stereocenters. The third kappa shape index (κ3) is 7.55. The Hall–Kier alpha value is -3.47. The van der Waals surface area contributed by atoms with Gasteiger partial charge in [-0.2, -0.15) is 0 Å². The molecule has 34 heavy (non-hydrogen) atoms. The first kappa shape index (κ1) is 25.2. The van der Waals surface area contributed by atoms with Gasteiger partial charge in [0.1, 0.15) is 0 Å². The molecule has 11 heteroatoms. The van der Waals surface area contributed by atoms with Gasteiger partial charge in [-0.15, -0.1) is 11.8 Å². The van der Waals surface area contributed by atoms with E-state index in [0.29, 0.717) is 17.8 Å². The molecule has 0 radical (unpaired) electrons. The highest BCUT2D eigenvalue weighted by atomic mass is 32.2. The maximum absolute atomic E-state index is 11.9. The van der Waals surface area contributed by atoms with Crippen LogP contribution in [0.4, 0.5) is 11.4 Å². The number of nitro benzene ring substituents is 1. The minimum Gasteiger partial charge on any atom is -0.466 e. The summed E-state index contributed by atoms with van der Waals surface area (Å²) in [4.78, 5) is 35.1. The van der Waals surface area contributed by atoms with Crippen molar-refractivity contribution in [2.24, 2.45) is 0 Å². The molecule has 3 aromatic rings. The van der Waals surface area contributed by atoms with Gasteiger partial charge < -0.3 is 10.1 Å². The third-order valence-electron chi connectivity index (χ3n) is 5.00. The molecule has 3 rings (SSSR count). The van der Waals surface area contributed by atoms with Gasteiger partial charge in [-0.25, -0.2) is 4.63 Å². The standard InChI is InChI=1S/C23H26N4O6S/c1-16-6-8-17(9-7-16)24-20(28)12-13-21(29)32-14-4-2-3-5-15-34-19-11-10-18(27(30)31)22-23(19)26-33-25-22/h6-11H,2-5,12-15H2,1H3,(H,24,28). The van der Waals surface area contributed by atoms with Crippen molar-refractivity contribution in [1.29, 1.82) is 0 Å². The minimum absolute atomic E-state index is 0.0505. The molecule has 0 aliphatic heterocycles. The Kier molecular flexibility index (Phi) is 9.39. The van der Waals surface area contributed by atoms with Crippen molar-refractivity contribution in [2.45, 2.75) is 50.3 Å². The molecule has 0 aliphatic rings. The highest BCUT2D eigenvalue weighted by molar-refractivity contribution is 7.99. The van der Waals surface area contributed by atoms with Crippen molar-refractivity contribution in [3.8, 4) is 0 Å². The van der Waals surface area contributed by atoms with Crippen LogP contribution < -0.4 is 5.32 Å². The Morgan fingerprint density at radius 1 is 1.03 bits per heavy atom. The molecule has 1 N–H and O–H groups in total. The number of aromatic nitrogens is 2. The molecule has 10 nitrogen and oxygen atoms in total. The molecular formula is C23H26N4O6S. The number of anilines is 1. The number of fused-ring (bicyclic) bond motifs is 1. The summed E-state index contributed by atoms with van der Waals surface area (Å²) in [6, 6.07) is 10.5. The number of unbranched alkanes of at least 4 members (excludes halogenated alkanes) is 3. The lowest BCUT2D eigenvalue weighted by molar-refractivity contribution is -0.383. The summed E-state index contributed by atoms with van der Waals surface area (Å²) in [5.74, 6) is 0.221. The fraction of sp³-hybridized carbons (Fsp3) is 0.391. The third-order valence-corrected chi connectivity index (χ3v) is 6.14.